The van der Waals surface area contributed by atoms with Gasteiger partial charge in [0.05, 0.1) is 0 Å². The van der Waals surface area contributed by atoms with Crippen molar-refractivity contribution >= 4 is 5.82 Å². The van der Waals surface area contributed by atoms with E-state index in [1.807, 2.05) is 19.0 Å². The molecular weight excluding hydrogens is 281 g/mol. The molecule has 120 valence electrons. The van der Waals surface area contributed by atoms with Crippen molar-refractivity contribution in [1.29, 1.82) is 0 Å². The Kier molecular flexibility index (Phi) is 5.95. The van der Waals surface area contributed by atoms with Crippen LogP contribution in [0.1, 0.15) is 31.5 Å². The standard InChI is InChI=1S/C14H23F3N4/c1-9(2)6-11(8-21(4)5)18-12-7-10(3)13(20-19-12)14(15,16)17/h7,9,11H,6,8H2,1-5H3,(H,18,19)/t11-/m0/s1. The number of alkyl halides is 3. The van der Waals surface area contributed by atoms with Crippen molar-refractivity contribution in [1.82, 2.24) is 15.1 Å². The van der Waals surface area contributed by atoms with E-state index in [9.17, 15) is 13.2 Å². The smallest absolute Gasteiger partial charge is 0.365 e. The molecule has 0 amide bonds. The van der Waals surface area contributed by atoms with Crippen LogP contribution in [-0.4, -0.2) is 41.8 Å². The van der Waals surface area contributed by atoms with Crippen LogP contribution in [0, 0.1) is 12.8 Å². The SMILES string of the molecule is Cc1cc(N[C@@H](CC(C)C)CN(C)C)nnc1C(F)(F)F. The van der Waals surface area contributed by atoms with Gasteiger partial charge in [-0.3, -0.25) is 0 Å². The van der Waals surface area contributed by atoms with Gasteiger partial charge in [0.2, 0.25) is 0 Å². The fourth-order valence-electron chi connectivity index (χ4n) is 2.23. The largest absolute Gasteiger partial charge is 0.435 e. The lowest BCUT2D eigenvalue weighted by Crippen LogP contribution is -2.34. The summed E-state index contributed by atoms with van der Waals surface area (Å²) in [5.74, 6) is 0.860. The molecule has 0 spiro atoms. The van der Waals surface area contributed by atoms with Crippen molar-refractivity contribution in [3.8, 4) is 0 Å². The Balaban J connectivity index is 2.87. The average Bonchev–Trinajstić information content (AvgIpc) is 2.24. The zero-order valence-electron chi connectivity index (χ0n) is 13.1. The topological polar surface area (TPSA) is 41.0 Å². The van der Waals surface area contributed by atoms with Crippen molar-refractivity contribution in [3.63, 3.8) is 0 Å². The molecule has 4 nitrogen and oxygen atoms in total. The summed E-state index contributed by atoms with van der Waals surface area (Å²) < 4.78 is 38.0. The molecule has 1 aromatic rings. The highest BCUT2D eigenvalue weighted by molar-refractivity contribution is 5.39. The maximum atomic E-state index is 12.7. The molecule has 1 N–H and O–H groups in total. The van der Waals surface area contributed by atoms with Crippen LogP contribution in [-0.2, 0) is 6.18 Å². The summed E-state index contributed by atoms with van der Waals surface area (Å²) in [5, 5.41) is 10.1. The minimum atomic E-state index is -4.46. The van der Waals surface area contributed by atoms with Gasteiger partial charge in [-0.25, -0.2) is 0 Å². The van der Waals surface area contributed by atoms with Gasteiger partial charge in [0.1, 0.15) is 5.82 Å². The molecule has 0 saturated carbocycles. The van der Waals surface area contributed by atoms with Crippen LogP contribution < -0.4 is 5.32 Å². The van der Waals surface area contributed by atoms with Crippen molar-refractivity contribution in [3.05, 3.63) is 17.3 Å². The van der Waals surface area contributed by atoms with Crippen LogP contribution >= 0.6 is 0 Å². The zero-order chi connectivity index (χ0) is 16.2. The molecule has 0 fully saturated rings. The number of hydrogen-bond acceptors (Lipinski definition) is 4. The van der Waals surface area contributed by atoms with E-state index in [0.717, 1.165) is 13.0 Å². The fourth-order valence-corrected chi connectivity index (χ4v) is 2.23. The monoisotopic (exact) mass is 304 g/mol. The van der Waals surface area contributed by atoms with Crippen LogP contribution in [0.3, 0.4) is 0 Å². The van der Waals surface area contributed by atoms with Gasteiger partial charge in [0.25, 0.3) is 0 Å². The summed E-state index contributed by atoms with van der Waals surface area (Å²) in [6, 6.07) is 1.52. The Morgan fingerprint density at radius 3 is 2.29 bits per heavy atom. The highest BCUT2D eigenvalue weighted by Crippen LogP contribution is 2.30. The number of rotatable bonds is 6. The number of nitrogens with zero attached hydrogens (tertiary/aromatic N) is 3. The van der Waals surface area contributed by atoms with Gasteiger partial charge < -0.3 is 10.2 Å². The molecule has 0 aromatic carbocycles. The molecule has 1 atom stereocenters. The molecule has 21 heavy (non-hydrogen) atoms. The number of likely N-dealkylation sites (N-methyl/N-ethyl adjacent to an activating group) is 1. The lowest BCUT2D eigenvalue weighted by atomic mass is 10.0. The Morgan fingerprint density at radius 2 is 1.86 bits per heavy atom. The Hall–Kier alpha value is -1.37. The summed E-state index contributed by atoms with van der Waals surface area (Å²) >= 11 is 0. The van der Waals surface area contributed by atoms with Gasteiger partial charge in [-0.2, -0.15) is 13.2 Å². The highest BCUT2D eigenvalue weighted by atomic mass is 19.4. The number of aryl methyl sites for hydroxylation is 1. The predicted molar refractivity (Wildman–Crippen MR) is 77.2 cm³/mol. The third-order valence-corrected chi connectivity index (χ3v) is 2.95. The number of nitrogens with one attached hydrogen (secondary N) is 1. The quantitative estimate of drug-likeness (QED) is 0.876. The molecule has 0 bridgehead atoms. The molecule has 0 aliphatic heterocycles. The van der Waals surface area contributed by atoms with Gasteiger partial charge in [0.15, 0.2) is 5.69 Å². The minimum Gasteiger partial charge on any atom is -0.365 e. The third kappa shape index (κ3) is 5.87. The molecule has 0 saturated heterocycles. The van der Waals surface area contributed by atoms with E-state index in [0.29, 0.717) is 11.7 Å². The number of anilines is 1. The van der Waals surface area contributed by atoms with Gasteiger partial charge in [0, 0.05) is 12.6 Å². The number of hydrogen-bond donors (Lipinski definition) is 1. The first kappa shape index (κ1) is 17.7. The lowest BCUT2D eigenvalue weighted by Gasteiger charge is -2.24. The fraction of sp³-hybridized carbons (Fsp3) is 0.714. The Labute approximate surface area is 123 Å². The van der Waals surface area contributed by atoms with E-state index in [1.54, 1.807) is 0 Å². The maximum absolute atomic E-state index is 12.7. The van der Waals surface area contributed by atoms with Crippen LogP contribution in [0.4, 0.5) is 19.0 Å². The first-order valence-corrected chi connectivity index (χ1v) is 6.92. The highest BCUT2D eigenvalue weighted by Gasteiger charge is 2.35. The van der Waals surface area contributed by atoms with E-state index in [2.05, 4.69) is 29.4 Å². The summed E-state index contributed by atoms with van der Waals surface area (Å²) in [7, 11) is 3.91. The molecule has 1 rings (SSSR count). The van der Waals surface area contributed by atoms with E-state index in [-0.39, 0.29) is 11.6 Å². The molecule has 1 aromatic heterocycles. The Bertz CT molecular complexity index is 448. The molecule has 1 heterocycles. The van der Waals surface area contributed by atoms with E-state index < -0.39 is 11.9 Å². The molecule has 0 aliphatic carbocycles. The molecular formula is C14H23F3N4. The summed E-state index contributed by atoms with van der Waals surface area (Å²) in [5.41, 5.74) is -0.853. The Morgan fingerprint density at radius 1 is 1.24 bits per heavy atom. The second-order valence-electron chi connectivity index (χ2n) is 5.99. The van der Waals surface area contributed by atoms with Crippen molar-refractivity contribution in [2.75, 3.05) is 26.0 Å². The maximum Gasteiger partial charge on any atom is 0.435 e. The van der Waals surface area contributed by atoms with E-state index >= 15 is 0 Å². The minimum absolute atomic E-state index is 0.0770. The van der Waals surface area contributed by atoms with Gasteiger partial charge in [-0.1, -0.05) is 13.8 Å². The summed E-state index contributed by atoms with van der Waals surface area (Å²) in [6.07, 6.45) is -3.56. The number of halogens is 3. The van der Waals surface area contributed by atoms with Gasteiger partial charge >= 0.3 is 6.18 Å². The van der Waals surface area contributed by atoms with Crippen LogP contribution in [0.2, 0.25) is 0 Å². The second-order valence-corrected chi connectivity index (χ2v) is 5.99. The van der Waals surface area contributed by atoms with Crippen LogP contribution in [0.15, 0.2) is 6.07 Å². The molecule has 7 heteroatoms. The van der Waals surface area contributed by atoms with Crippen LogP contribution in [0.5, 0.6) is 0 Å². The number of aromatic nitrogens is 2. The summed E-state index contributed by atoms with van der Waals surface area (Å²) in [4.78, 5) is 2.03. The lowest BCUT2D eigenvalue weighted by molar-refractivity contribution is -0.142. The van der Waals surface area contributed by atoms with Crippen molar-refractivity contribution < 1.29 is 13.2 Å². The van der Waals surface area contributed by atoms with Gasteiger partial charge in [-0.15, -0.1) is 10.2 Å². The zero-order valence-corrected chi connectivity index (χ0v) is 13.1. The first-order valence-electron chi connectivity index (χ1n) is 6.92. The van der Waals surface area contributed by atoms with Gasteiger partial charge in [-0.05, 0) is 45.0 Å². The second kappa shape index (κ2) is 7.06. The predicted octanol–water partition coefficient (Wildman–Crippen LogP) is 3.19. The first-order chi connectivity index (χ1) is 9.59. The van der Waals surface area contributed by atoms with E-state index in [4.69, 9.17) is 0 Å². The average molecular weight is 304 g/mol. The molecule has 0 radical (unpaired) electrons. The normalized spacial score (nSPS) is 13.8. The van der Waals surface area contributed by atoms with Crippen molar-refractivity contribution in [2.45, 2.75) is 39.4 Å². The molecule has 0 aliphatic rings. The van der Waals surface area contributed by atoms with Crippen molar-refractivity contribution in [2.24, 2.45) is 5.92 Å². The third-order valence-electron chi connectivity index (χ3n) is 2.95. The van der Waals surface area contributed by atoms with Crippen LogP contribution in [0.25, 0.3) is 0 Å². The summed E-state index contributed by atoms with van der Waals surface area (Å²) in [6.45, 7) is 6.38. The molecule has 0 unspecified atom stereocenters. The van der Waals surface area contributed by atoms with E-state index in [1.165, 1.54) is 13.0 Å².